The Bertz CT molecular complexity index is 381. The third-order valence-electron chi connectivity index (χ3n) is 3.21. The molecule has 0 amide bonds. The number of thiol groups is 1. The average Bonchev–Trinajstić information content (AvgIpc) is 2.78. The van der Waals surface area contributed by atoms with Gasteiger partial charge in [0.05, 0.1) is 0 Å². The molecule has 6 nitrogen and oxygen atoms in total. The molecule has 0 atom stereocenters. The maximum absolute atomic E-state index is 4.18. The highest BCUT2D eigenvalue weighted by Gasteiger charge is 2.15. The first-order valence-electron chi connectivity index (χ1n) is 6.30. The summed E-state index contributed by atoms with van der Waals surface area (Å²) in [6, 6.07) is 0. The van der Waals surface area contributed by atoms with E-state index in [0.29, 0.717) is 5.16 Å². The molecule has 0 aromatic carbocycles. The first-order valence-corrected chi connectivity index (χ1v) is 6.75. The van der Waals surface area contributed by atoms with Crippen molar-refractivity contribution in [3.63, 3.8) is 0 Å². The van der Waals surface area contributed by atoms with Gasteiger partial charge in [-0.05, 0) is 16.8 Å². The minimum Gasteiger partial charge on any atom is -0.301 e. The molecular weight excluding hydrogens is 319 g/mol. The third kappa shape index (κ3) is 5.97. The van der Waals surface area contributed by atoms with Crippen molar-refractivity contribution in [3.05, 3.63) is 12.7 Å². The Kier molecular flexibility index (Phi) is 10.2. The van der Waals surface area contributed by atoms with Crippen LogP contribution in [-0.4, -0.2) is 69.3 Å². The summed E-state index contributed by atoms with van der Waals surface area (Å²) in [5.41, 5.74) is 0. The zero-order valence-electron chi connectivity index (χ0n) is 11.4. The van der Waals surface area contributed by atoms with E-state index < -0.39 is 0 Å². The van der Waals surface area contributed by atoms with Gasteiger partial charge in [-0.2, -0.15) is 0 Å². The van der Waals surface area contributed by atoms with Crippen molar-refractivity contribution in [1.82, 2.24) is 30.0 Å². The smallest absolute Gasteiger partial charge is 0.206 e. The van der Waals surface area contributed by atoms with E-state index in [0.717, 1.165) is 52.2 Å². The molecule has 1 aliphatic heterocycles. The van der Waals surface area contributed by atoms with E-state index in [2.05, 4.69) is 44.5 Å². The molecule has 0 N–H and O–H groups in total. The SMILES string of the molecule is C=CCN1CCN(CCCn2nnnc2S)CC1.Cl.Cl. The summed E-state index contributed by atoms with van der Waals surface area (Å²) < 4.78 is 1.73. The second-order valence-electron chi connectivity index (χ2n) is 4.49. The molecule has 2 rings (SSSR count). The fourth-order valence-corrected chi connectivity index (χ4v) is 2.35. The van der Waals surface area contributed by atoms with Crippen LogP contribution in [0.2, 0.25) is 0 Å². The number of nitrogens with zero attached hydrogens (tertiary/aromatic N) is 6. The third-order valence-corrected chi connectivity index (χ3v) is 3.53. The highest BCUT2D eigenvalue weighted by molar-refractivity contribution is 7.80. The standard InChI is InChI=1S/C11H20N6S.2ClH/c1-2-4-15-7-9-16(10-8-15)5-3-6-17-11(18)12-13-14-17;;/h2H,1,3-10H2,(H,12,14,18);2*1H. The summed E-state index contributed by atoms with van der Waals surface area (Å²) >= 11 is 4.18. The number of hydrogen-bond acceptors (Lipinski definition) is 6. The number of piperazine rings is 1. The van der Waals surface area contributed by atoms with E-state index >= 15 is 0 Å². The number of aryl methyl sites for hydroxylation is 1. The molecule has 1 aromatic heterocycles. The molecule has 0 saturated carbocycles. The van der Waals surface area contributed by atoms with Crippen molar-refractivity contribution in [1.29, 1.82) is 0 Å². The van der Waals surface area contributed by atoms with E-state index in [1.165, 1.54) is 0 Å². The molecule has 2 heterocycles. The number of aromatic nitrogens is 4. The fraction of sp³-hybridized carbons (Fsp3) is 0.727. The Morgan fingerprint density at radius 1 is 1.10 bits per heavy atom. The van der Waals surface area contributed by atoms with Crippen LogP contribution in [0.15, 0.2) is 17.8 Å². The van der Waals surface area contributed by atoms with Gasteiger partial charge in [0.25, 0.3) is 0 Å². The molecular formula is C11H22Cl2N6S. The quantitative estimate of drug-likeness (QED) is 0.618. The van der Waals surface area contributed by atoms with Crippen LogP contribution in [0.4, 0.5) is 0 Å². The maximum atomic E-state index is 4.18. The molecule has 116 valence electrons. The van der Waals surface area contributed by atoms with Gasteiger partial charge in [0.2, 0.25) is 5.16 Å². The summed E-state index contributed by atoms with van der Waals surface area (Å²) in [6.07, 6.45) is 3.03. The highest BCUT2D eigenvalue weighted by atomic mass is 35.5. The lowest BCUT2D eigenvalue weighted by atomic mass is 10.3. The molecule has 0 unspecified atom stereocenters. The van der Waals surface area contributed by atoms with E-state index in [1.807, 2.05) is 6.08 Å². The van der Waals surface area contributed by atoms with Crippen LogP contribution in [0.5, 0.6) is 0 Å². The molecule has 1 saturated heterocycles. The molecule has 1 aliphatic rings. The highest BCUT2D eigenvalue weighted by Crippen LogP contribution is 2.04. The van der Waals surface area contributed by atoms with Gasteiger partial charge in [-0.1, -0.05) is 6.08 Å². The van der Waals surface area contributed by atoms with Crippen LogP contribution >= 0.6 is 37.4 Å². The largest absolute Gasteiger partial charge is 0.301 e. The van der Waals surface area contributed by atoms with Crippen LogP contribution in [0.25, 0.3) is 0 Å². The first kappa shape index (κ1) is 19.7. The van der Waals surface area contributed by atoms with Gasteiger partial charge in [-0.3, -0.25) is 4.90 Å². The van der Waals surface area contributed by atoms with Crippen molar-refractivity contribution >= 4 is 37.4 Å². The molecule has 0 aliphatic carbocycles. The number of rotatable bonds is 6. The van der Waals surface area contributed by atoms with Gasteiger partial charge in [0.15, 0.2) is 0 Å². The Balaban J connectivity index is 0.00000180. The number of hydrogen-bond donors (Lipinski definition) is 1. The number of tetrazole rings is 1. The van der Waals surface area contributed by atoms with Crippen molar-refractivity contribution in [3.8, 4) is 0 Å². The van der Waals surface area contributed by atoms with Gasteiger partial charge in [-0.25, -0.2) is 4.68 Å². The maximum Gasteiger partial charge on any atom is 0.206 e. The van der Waals surface area contributed by atoms with Gasteiger partial charge < -0.3 is 4.90 Å². The van der Waals surface area contributed by atoms with Crippen LogP contribution < -0.4 is 0 Å². The zero-order chi connectivity index (χ0) is 12.8. The van der Waals surface area contributed by atoms with E-state index in [9.17, 15) is 0 Å². The van der Waals surface area contributed by atoms with Gasteiger partial charge in [0, 0.05) is 45.8 Å². The summed E-state index contributed by atoms with van der Waals surface area (Å²) in [4.78, 5) is 4.92. The normalized spacial score (nSPS) is 16.2. The lowest BCUT2D eigenvalue weighted by molar-refractivity contribution is 0.139. The van der Waals surface area contributed by atoms with E-state index in [-0.39, 0.29) is 24.8 Å². The van der Waals surface area contributed by atoms with Gasteiger partial charge in [0.1, 0.15) is 0 Å². The topological polar surface area (TPSA) is 50.1 Å². The van der Waals surface area contributed by atoms with Gasteiger partial charge in [-0.15, -0.1) is 49.1 Å². The molecule has 20 heavy (non-hydrogen) atoms. The van der Waals surface area contributed by atoms with Crippen molar-refractivity contribution in [2.75, 3.05) is 39.3 Å². The Hall–Kier alpha value is -0.340. The summed E-state index contributed by atoms with van der Waals surface area (Å²) in [5.74, 6) is 0. The molecule has 1 fully saturated rings. The summed E-state index contributed by atoms with van der Waals surface area (Å²) in [6.45, 7) is 11.2. The molecule has 1 aromatic rings. The van der Waals surface area contributed by atoms with Crippen molar-refractivity contribution in [2.45, 2.75) is 18.1 Å². The van der Waals surface area contributed by atoms with E-state index in [1.54, 1.807) is 4.68 Å². The van der Waals surface area contributed by atoms with Crippen LogP contribution in [0.3, 0.4) is 0 Å². The average molecular weight is 341 g/mol. The van der Waals surface area contributed by atoms with Crippen LogP contribution in [-0.2, 0) is 6.54 Å². The molecule has 0 bridgehead atoms. The summed E-state index contributed by atoms with van der Waals surface area (Å²) in [5, 5.41) is 11.8. The predicted octanol–water partition coefficient (Wildman–Crippen LogP) is 0.999. The van der Waals surface area contributed by atoms with Crippen molar-refractivity contribution in [2.24, 2.45) is 0 Å². The lowest BCUT2D eigenvalue weighted by Gasteiger charge is -2.34. The molecule has 0 radical (unpaired) electrons. The second kappa shape index (κ2) is 10.4. The van der Waals surface area contributed by atoms with Crippen LogP contribution in [0, 0.1) is 0 Å². The predicted molar refractivity (Wildman–Crippen MR) is 87.3 cm³/mol. The Labute approximate surface area is 137 Å². The zero-order valence-corrected chi connectivity index (χ0v) is 13.9. The van der Waals surface area contributed by atoms with Crippen LogP contribution in [0.1, 0.15) is 6.42 Å². The lowest BCUT2D eigenvalue weighted by Crippen LogP contribution is -2.46. The minimum absolute atomic E-state index is 0. The Morgan fingerprint density at radius 2 is 1.75 bits per heavy atom. The fourth-order valence-electron chi connectivity index (χ4n) is 2.17. The van der Waals surface area contributed by atoms with E-state index in [4.69, 9.17) is 0 Å². The number of halogens is 2. The molecule has 0 spiro atoms. The Morgan fingerprint density at radius 3 is 2.30 bits per heavy atom. The minimum atomic E-state index is 0. The molecule has 9 heteroatoms. The van der Waals surface area contributed by atoms with Crippen molar-refractivity contribution < 1.29 is 0 Å². The monoisotopic (exact) mass is 340 g/mol. The second-order valence-corrected chi connectivity index (χ2v) is 4.89. The van der Waals surface area contributed by atoms with Gasteiger partial charge >= 0.3 is 0 Å². The summed E-state index contributed by atoms with van der Waals surface area (Å²) in [7, 11) is 0. The first-order chi connectivity index (χ1) is 8.79.